The Morgan fingerprint density at radius 1 is 1.35 bits per heavy atom. The van der Waals surface area contributed by atoms with Crippen LogP contribution in [0.15, 0.2) is 0 Å². The molecule has 2 saturated heterocycles. The molecule has 20 heavy (non-hydrogen) atoms. The van der Waals surface area contributed by atoms with E-state index in [1.165, 1.54) is 44.5 Å². The van der Waals surface area contributed by atoms with Crippen LogP contribution in [0.4, 0.5) is 0 Å². The summed E-state index contributed by atoms with van der Waals surface area (Å²) in [7, 11) is 0. The Labute approximate surface area is 128 Å². The van der Waals surface area contributed by atoms with Crippen molar-refractivity contribution in [2.75, 3.05) is 38.6 Å². The molecule has 3 atom stereocenters. The zero-order valence-electron chi connectivity index (χ0n) is 13.1. The Balaban J connectivity index is 1.61. The van der Waals surface area contributed by atoms with Crippen molar-refractivity contribution < 1.29 is 4.74 Å². The van der Waals surface area contributed by atoms with E-state index in [2.05, 4.69) is 35.8 Å². The van der Waals surface area contributed by atoms with Crippen LogP contribution in [0.2, 0.25) is 0 Å². The Morgan fingerprint density at radius 3 is 2.90 bits per heavy atom. The second-order valence-electron chi connectivity index (χ2n) is 7.10. The summed E-state index contributed by atoms with van der Waals surface area (Å²) in [5.41, 5.74) is 0.358. The van der Waals surface area contributed by atoms with Crippen LogP contribution < -0.4 is 5.32 Å². The van der Waals surface area contributed by atoms with E-state index in [0.29, 0.717) is 11.5 Å². The SMILES string of the molecule is CC1SCCN(CC2(CNC3CC3)CCCOC2)C1C. The maximum atomic E-state index is 5.87. The zero-order chi connectivity index (χ0) is 14.0. The third-order valence-corrected chi connectivity index (χ3v) is 6.64. The molecular formula is C16H30N2OS. The smallest absolute Gasteiger partial charge is 0.0546 e. The zero-order valence-corrected chi connectivity index (χ0v) is 13.9. The maximum absolute atomic E-state index is 5.87. The summed E-state index contributed by atoms with van der Waals surface area (Å²) >= 11 is 2.13. The first kappa shape index (κ1) is 15.1. The largest absolute Gasteiger partial charge is 0.381 e. The first-order valence-electron chi connectivity index (χ1n) is 8.35. The molecule has 2 aliphatic heterocycles. The molecule has 2 heterocycles. The maximum Gasteiger partial charge on any atom is 0.0546 e. The van der Waals surface area contributed by atoms with Crippen molar-refractivity contribution in [1.82, 2.24) is 10.2 Å². The summed E-state index contributed by atoms with van der Waals surface area (Å²) in [5, 5.41) is 4.54. The molecular weight excluding hydrogens is 268 g/mol. The quantitative estimate of drug-likeness (QED) is 0.842. The molecule has 0 aromatic carbocycles. The van der Waals surface area contributed by atoms with E-state index >= 15 is 0 Å². The molecule has 1 aliphatic carbocycles. The van der Waals surface area contributed by atoms with E-state index < -0.39 is 0 Å². The molecule has 116 valence electrons. The van der Waals surface area contributed by atoms with Crippen LogP contribution in [0, 0.1) is 5.41 Å². The molecule has 1 N–H and O–H groups in total. The van der Waals surface area contributed by atoms with E-state index in [4.69, 9.17) is 4.74 Å². The van der Waals surface area contributed by atoms with Crippen LogP contribution in [0.25, 0.3) is 0 Å². The van der Waals surface area contributed by atoms with Gasteiger partial charge < -0.3 is 10.1 Å². The minimum absolute atomic E-state index is 0.358. The van der Waals surface area contributed by atoms with Gasteiger partial charge in [0.05, 0.1) is 6.61 Å². The third-order valence-electron chi connectivity index (χ3n) is 5.30. The highest BCUT2D eigenvalue weighted by Gasteiger charge is 2.38. The molecule has 3 fully saturated rings. The lowest BCUT2D eigenvalue weighted by Crippen LogP contribution is -2.54. The van der Waals surface area contributed by atoms with Gasteiger partial charge in [0.15, 0.2) is 0 Å². The number of hydrogen-bond donors (Lipinski definition) is 1. The first-order chi connectivity index (χ1) is 9.69. The van der Waals surface area contributed by atoms with Gasteiger partial charge in [-0.1, -0.05) is 6.92 Å². The Hall–Kier alpha value is 0.230. The fraction of sp³-hybridized carbons (Fsp3) is 1.00. The van der Waals surface area contributed by atoms with Crippen LogP contribution >= 0.6 is 11.8 Å². The summed E-state index contributed by atoms with van der Waals surface area (Å²) in [6.45, 7) is 10.3. The van der Waals surface area contributed by atoms with Crippen molar-refractivity contribution in [1.29, 1.82) is 0 Å². The van der Waals surface area contributed by atoms with Gasteiger partial charge >= 0.3 is 0 Å². The van der Waals surface area contributed by atoms with Gasteiger partial charge in [-0.2, -0.15) is 11.8 Å². The number of thioether (sulfide) groups is 1. The summed E-state index contributed by atoms with van der Waals surface area (Å²) in [6, 6.07) is 1.51. The molecule has 3 aliphatic rings. The standard InChI is InChI=1S/C16H30N2OS/c1-13-14(2)20-9-7-18(13)11-16(6-3-8-19-12-16)10-17-15-4-5-15/h13-15,17H,3-12H2,1-2H3. The van der Waals surface area contributed by atoms with Crippen molar-refractivity contribution in [3.63, 3.8) is 0 Å². The summed E-state index contributed by atoms with van der Waals surface area (Å²) in [6.07, 6.45) is 5.33. The van der Waals surface area contributed by atoms with Crippen LogP contribution in [-0.2, 0) is 4.74 Å². The fourth-order valence-corrected chi connectivity index (χ4v) is 4.69. The highest BCUT2D eigenvalue weighted by molar-refractivity contribution is 8.00. The molecule has 0 bridgehead atoms. The van der Waals surface area contributed by atoms with Crippen molar-refractivity contribution >= 4 is 11.8 Å². The minimum atomic E-state index is 0.358. The molecule has 3 nitrogen and oxygen atoms in total. The van der Waals surface area contributed by atoms with Crippen molar-refractivity contribution in [3.8, 4) is 0 Å². The number of hydrogen-bond acceptors (Lipinski definition) is 4. The van der Waals surface area contributed by atoms with E-state index in [1.54, 1.807) is 0 Å². The van der Waals surface area contributed by atoms with E-state index in [-0.39, 0.29) is 0 Å². The van der Waals surface area contributed by atoms with Crippen molar-refractivity contribution in [2.45, 2.75) is 56.9 Å². The third kappa shape index (κ3) is 3.70. The fourth-order valence-electron chi connectivity index (χ4n) is 3.53. The number of nitrogens with zero attached hydrogens (tertiary/aromatic N) is 1. The molecule has 0 radical (unpaired) electrons. The van der Waals surface area contributed by atoms with Crippen molar-refractivity contribution in [3.05, 3.63) is 0 Å². The second-order valence-corrected chi connectivity index (χ2v) is 8.58. The van der Waals surface area contributed by atoms with Crippen LogP contribution in [0.1, 0.15) is 39.5 Å². The summed E-state index contributed by atoms with van der Waals surface area (Å²) < 4.78 is 5.87. The average molecular weight is 298 g/mol. The van der Waals surface area contributed by atoms with Gasteiger partial charge in [-0.05, 0) is 32.6 Å². The van der Waals surface area contributed by atoms with Crippen LogP contribution in [0.3, 0.4) is 0 Å². The topological polar surface area (TPSA) is 24.5 Å². The minimum Gasteiger partial charge on any atom is -0.381 e. The predicted octanol–water partition coefficient (Wildman–Crippen LogP) is 2.36. The molecule has 4 heteroatoms. The number of rotatable bonds is 5. The Kier molecular flexibility index (Phi) is 4.96. The molecule has 1 saturated carbocycles. The van der Waals surface area contributed by atoms with Gasteiger partial charge in [0.25, 0.3) is 0 Å². The van der Waals surface area contributed by atoms with Gasteiger partial charge in [-0.3, -0.25) is 4.90 Å². The highest BCUT2D eigenvalue weighted by Crippen LogP contribution is 2.34. The Bertz CT molecular complexity index is 316. The molecule has 0 aromatic heterocycles. The van der Waals surface area contributed by atoms with Gasteiger partial charge in [0.2, 0.25) is 0 Å². The van der Waals surface area contributed by atoms with Crippen LogP contribution in [0.5, 0.6) is 0 Å². The molecule has 0 amide bonds. The molecule has 0 aromatic rings. The Morgan fingerprint density at radius 2 is 2.20 bits per heavy atom. The number of nitrogens with one attached hydrogen (secondary N) is 1. The van der Waals surface area contributed by atoms with Gasteiger partial charge in [-0.15, -0.1) is 0 Å². The van der Waals surface area contributed by atoms with E-state index in [9.17, 15) is 0 Å². The van der Waals surface area contributed by atoms with Gasteiger partial charge in [0.1, 0.15) is 0 Å². The normalized spacial score (nSPS) is 39.9. The van der Waals surface area contributed by atoms with E-state index in [1.807, 2.05) is 0 Å². The second kappa shape index (κ2) is 6.55. The van der Waals surface area contributed by atoms with Gasteiger partial charge in [-0.25, -0.2) is 0 Å². The molecule has 0 spiro atoms. The number of ether oxygens (including phenoxy) is 1. The highest BCUT2D eigenvalue weighted by atomic mass is 32.2. The summed E-state index contributed by atoms with van der Waals surface area (Å²) in [5.74, 6) is 1.29. The van der Waals surface area contributed by atoms with E-state index in [0.717, 1.165) is 31.1 Å². The lowest BCUT2D eigenvalue weighted by atomic mass is 9.81. The molecule has 3 unspecified atom stereocenters. The predicted molar refractivity (Wildman–Crippen MR) is 86.5 cm³/mol. The van der Waals surface area contributed by atoms with Crippen molar-refractivity contribution in [2.24, 2.45) is 5.41 Å². The lowest BCUT2D eigenvalue weighted by Gasteiger charge is -2.46. The average Bonchev–Trinajstić information content (AvgIpc) is 3.27. The lowest BCUT2D eigenvalue weighted by molar-refractivity contribution is -0.0315. The first-order valence-corrected chi connectivity index (χ1v) is 9.40. The molecule has 3 rings (SSSR count). The summed E-state index contributed by atoms with van der Waals surface area (Å²) in [4.78, 5) is 2.73. The monoisotopic (exact) mass is 298 g/mol. The van der Waals surface area contributed by atoms with Gasteiger partial charge in [0, 0.05) is 54.7 Å². The van der Waals surface area contributed by atoms with Crippen LogP contribution in [-0.4, -0.2) is 60.8 Å².